The van der Waals surface area contributed by atoms with Crippen LogP contribution in [-0.4, -0.2) is 44.1 Å². The molecule has 148 valence electrons. The fourth-order valence-corrected chi connectivity index (χ4v) is 1.88. The molecule has 0 heterocycles. The van der Waals surface area contributed by atoms with Gasteiger partial charge in [-0.25, -0.2) is 9.59 Å². The first-order valence-corrected chi connectivity index (χ1v) is 8.59. The Bertz CT molecular complexity index is 616. The molecule has 0 aliphatic carbocycles. The smallest absolute Gasteiger partial charge is 0.335 e. The summed E-state index contributed by atoms with van der Waals surface area (Å²) >= 11 is 0. The maximum absolute atomic E-state index is 10.2. The highest BCUT2D eigenvalue weighted by atomic mass is 16.4. The molecule has 0 aromatic heterocycles. The van der Waals surface area contributed by atoms with Crippen molar-refractivity contribution in [3.63, 3.8) is 0 Å². The Morgan fingerprint density at radius 3 is 1.37 bits per heavy atom. The van der Waals surface area contributed by atoms with E-state index in [1.165, 1.54) is 0 Å². The van der Waals surface area contributed by atoms with Gasteiger partial charge in [-0.05, 0) is 44.5 Å². The number of aliphatic hydroxyl groups excluding tert-OH is 1. The largest absolute Gasteiger partial charge is 0.478 e. The Labute approximate surface area is 159 Å². The molecule has 0 fully saturated rings. The molecule has 2 unspecified atom stereocenters. The minimum Gasteiger partial charge on any atom is -0.478 e. The molecule has 4 N–H and O–H groups in total. The molecule has 27 heavy (non-hydrogen) atoms. The van der Waals surface area contributed by atoms with Crippen LogP contribution in [0, 0.1) is 0 Å². The summed E-state index contributed by atoms with van der Waals surface area (Å²) in [6.07, 6.45) is 0.931. The monoisotopic (exact) mass is 376 g/mol. The molecule has 0 aliphatic heterocycles. The van der Waals surface area contributed by atoms with Gasteiger partial charge >= 0.3 is 11.9 Å². The van der Waals surface area contributed by atoms with Crippen molar-refractivity contribution in [1.29, 1.82) is 0 Å². The number of carbonyl (C=O) groups is 2. The minimum atomic E-state index is -0.894. The van der Waals surface area contributed by atoms with Crippen molar-refractivity contribution < 1.29 is 30.0 Å². The summed E-state index contributed by atoms with van der Waals surface area (Å²) in [6.45, 7) is 5.24. The van der Waals surface area contributed by atoms with E-state index in [4.69, 9.17) is 15.3 Å². The van der Waals surface area contributed by atoms with Crippen LogP contribution in [0.2, 0.25) is 0 Å². The molecule has 6 nitrogen and oxygen atoms in total. The Balaban J connectivity index is 0.000000376. The van der Waals surface area contributed by atoms with E-state index in [9.17, 15) is 14.7 Å². The highest BCUT2D eigenvalue weighted by Crippen LogP contribution is 2.15. The normalized spacial score (nSPS) is 12.9. The summed E-state index contributed by atoms with van der Waals surface area (Å²) < 4.78 is 0. The molecule has 0 spiro atoms. The van der Waals surface area contributed by atoms with E-state index in [-0.39, 0.29) is 0 Å². The standard InChI is InChI=1S/2C7H6O2.C7H16O2/c2*8-7(9)6-4-2-1-3-5-6;1-4-5-7(3,9)6(2)8/h2*1-5H,(H,8,9);6,8-9H,4-5H2,1-3H3. The van der Waals surface area contributed by atoms with Gasteiger partial charge in [-0.3, -0.25) is 0 Å². The molecule has 2 rings (SSSR count). The van der Waals surface area contributed by atoms with E-state index in [0.717, 1.165) is 6.42 Å². The van der Waals surface area contributed by atoms with Crippen LogP contribution >= 0.6 is 0 Å². The summed E-state index contributed by atoms with van der Waals surface area (Å²) in [5, 5.41) is 35.1. The van der Waals surface area contributed by atoms with E-state index in [1.54, 1.807) is 74.5 Å². The third-order valence-corrected chi connectivity index (χ3v) is 3.70. The average molecular weight is 376 g/mol. The first kappa shape index (κ1) is 24.3. The first-order valence-electron chi connectivity index (χ1n) is 8.59. The zero-order valence-electron chi connectivity index (χ0n) is 15.9. The molecule has 6 heteroatoms. The van der Waals surface area contributed by atoms with E-state index >= 15 is 0 Å². The van der Waals surface area contributed by atoms with Gasteiger partial charge in [0.2, 0.25) is 0 Å². The van der Waals surface area contributed by atoms with Gasteiger partial charge in [-0.1, -0.05) is 49.7 Å². The van der Waals surface area contributed by atoms with E-state index < -0.39 is 23.6 Å². The molecule has 2 aromatic rings. The molecule has 0 radical (unpaired) electrons. The maximum atomic E-state index is 10.2. The molecule has 0 aliphatic rings. The minimum absolute atomic E-state index is 0.331. The second-order valence-corrected chi connectivity index (χ2v) is 6.13. The Morgan fingerprint density at radius 1 is 0.889 bits per heavy atom. The number of aromatic carboxylic acids is 2. The summed E-state index contributed by atoms with van der Waals surface area (Å²) in [7, 11) is 0. The van der Waals surface area contributed by atoms with Gasteiger partial charge in [0.25, 0.3) is 0 Å². The molecule has 2 atom stereocenters. The summed E-state index contributed by atoms with van der Waals surface area (Å²) in [4.78, 5) is 20.4. The molecule has 0 bridgehead atoms. The van der Waals surface area contributed by atoms with Crippen molar-refractivity contribution in [1.82, 2.24) is 0 Å². The van der Waals surface area contributed by atoms with Crippen molar-refractivity contribution >= 4 is 11.9 Å². The highest BCUT2D eigenvalue weighted by molar-refractivity contribution is 5.87. The number of aliphatic hydroxyl groups is 2. The second-order valence-electron chi connectivity index (χ2n) is 6.13. The third-order valence-electron chi connectivity index (χ3n) is 3.70. The lowest BCUT2D eigenvalue weighted by molar-refractivity contribution is -0.0577. The van der Waals surface area contributed by atoms with E-state index in [2.05, 4.69) is 0 Å². The molecular weight excluding hydrogens is 348 g/mol. The quantitative estimate of drug-likeness (QED) is 0.633. The Kier molecular flexibility index (Phi) is 11.4. The zero-order chi connectivity index (χ0) is 20.9. The van der Waals surface area contributed by atoms with E-state index in [1.807, 2.05) is 6.92 Å². The van der Waals surface area contributed by atoms with Gasteiger partial charge in [0.1, 0.15) is 0 Å². The molecule has 2 aromatic carbocycles. The number of carboxylic acid groups (broad SMARTS) is 2. The van der Waals surface area contributed by atoms with Crippen LogP contribution in [0.25, 0.3) is 0 Å². The molecule has 0 saturated carbocycles. The van der Waals surface area contributed by atoms with Crippen LogP contribution < -0.4 is 0 Å². The van der Waals surface area contributed by atoms with Gasteiger partial charge in [0.05, 0.1) is 22.8 Å². The molecule has 0 saturated heterocycles. The van der Waals surface area contributed by atoms with Crippen molar-refractivity contribution in [3.05, 3.63) is 71.8 Å². The van der Waals surface area contributed by atoms with Crippen molar-refractivity contribution in [2.75, 3.05) is 0 Å². The van der Waals surface area contributed by atoms with Crippen LogP contribution in [0.15, 0.2) is 60.7 Å². The Hall–Kier alpha value is -2.70. The highest BCUT2D eigenvalue weighted by Gasteiger charge is 2.24. The average Bonchev–Trinajstić information content (AvgIpc) is 2.64. The predicted molar refractivity (Wildman–Crippen MR) is 104 cm³/mol. The van der Waals surface area contributed by atoms with Gasteiger partial charge in [-0.2, -0.15) is 0 Å². The molecular formula is C21H28O6. The summed E-state index contributed by atoms with van der Waals surface area (Å²) in [6, 6.07) is 16.6. The summed E-state index contributed by atoms with van der Waals surface area (Å²) in [5.41, 5.74) is -0.232. The lowest BCUT2D eigenvalue weighted by Gasteiger charge is -2.25. The second kappa shape index (κ2) is 12.6. The van der Waals surface area contributed by atoms with Gasteiger partial charge in [0, 0.05) is 0 Å². The third kappa shape index (κ3) is 10.8. The topological polar surface area (TPSA) is 115 Å². The van der Waals surface area contributed by atoms with Crippen LogP contribution in [0.1, 0.15) is 54.3 Å². The van der Waals surface area contributed by atoms with Crippen LogP contribution in [0.5, 0.6) is 0 Å². The van der Waals surface area contributed by atoms with Crippen molar-refractivity contribution in [2.45, 2.75) is 45.3 Å². The van der Waals surface area contributed by atoms with Crippen molar-refractivity contribution in [3.8, 4) is 0 Å². The van der Waals surface area contributed by atoms with Crippen LogP contribution in [0.4, 0.5) is 0 Å². The summed E-state index contributed by atoms with van der Waals surface area (Å²) in [5.74, 6) is -1.76. The maximum Gasteiger partial charge on any atom is 0.335 e. The Morgan fingerprint density at radius 2 is 1.22 bits per heavy atom. The SMILES string of the molecule is CCCC(C)(O)C(C)O.O=C(O)c1ccccc1.O=C(O)c1ccccc1. The first-order chi connectivity index (χ1) is 12.6. The number of hydrogen-bond donors (Lipinski definition) is 4. The number of hydrogen-bond acceptors (Lipinski definition) is 4. The van der Waals surface area contributed by atoms with Crippen LogP contribution in [0.3, 0.4) is 0 Å². The van der Waals surface area contributed by atoms with Crippen LogP contribution in [-0.2, 0) is 0 Å². The lowest BCUT2D eigenvalue weighted by Crippen LogP contribution is -2.36. The zero-order valence-corrected chi connectivity index (χ0v) is 15.9. The van der Waals surface area contributed by atoms with Gasteiger partial charge in [0.15, 0.2) is 0 Å². The molecule has 0 amide bonds. The fourth-order valence-electron chi connectivity index (χ4n) is 1.88. The van der Waals surface area contributed by atoms with E-state index in [0.29, 0.717) is 17.5 Å². The number of benzene rings is 2. The van der Waals surface area contributed by atoms with Crippen molar-refractivity contribution in [2.24, 2.45) is 0 Å². The van der Waals surface area contributed by atoms with Gasteiger partial charge < -0.3 is 20.4 Å². The lowest BCUT2D eigenvalue weighted by atomic mass is 9.95. The number of rotatable bonds is 5. The predicted octanol–water partition coefficient (Wildman–Crippen LogP) is 3.69. The number of carboxylic acids is 2. The fraction of sp³-hybridized carbons (Fsp3) is 0.333. The van der Waals surface area contributed by atoms with Gasteiger partial charge in [-0.15, -0.1) is 0 Å².